The second-order valence-corrected chi connectivity index (χ2v) is 6.42. The summed E-state index contributed by atoms with van der Waals surface area (Å²) in [5.41, 5.74) is 0. The zero-order valence-electron chi connectivity index (χ0n) is 13.8. The van der Waals surface area contributed by atoms with E-state index in [2.05, 4.69) is 21.8 Å². The van der Waals surface area contributed by atoms with Crippen LogP contribution in [0.25, 0.3) is 0 Å². The van der Waals surface area contributed by atoms with Crippen LogP contribution in [-0.4, -0.2) is 45.8 Å². The van der Waals surface area contributed by atoms with Crippen molar-refractivity contribution in [1.82, 2.24) is 19.8 Å². The van der Waals surface area contributed by atoms with Gasteiger partial charge in [0.25, 0.3) is 5.91 Å². The molecule has 3 rings (SSSR count). The van der Waals surface area contributed by atoms with E-state index in [0.29, 0.717) is 12.3 Å². The van der Waals surface area contributed by atoms with Gasteiger partial charge in [-0.25, -0.2) is 4.98 Å². The zero-order chi connectivity index (χ0) is 16.2. The maximum Gasteiger partial charge on any atom is 0.289 e. The van der Waals surface area contributed by atoms with Crippen LogP contribution in [-0.2, 0) is 13.1 Å². The second-order valence-electron chi connectivity index (χ2n) is 6.42. The third kappa shape index (κ3) is 4.01. The lowest BCUT2D eigenvalue weighted by atomic mass is 9.99. The number of amides is 1. The molecule has 6 nitrogen and oxygen atoms in total. The zero-order valence-corrected chi connectivity index (χ0v) is 13.8. The van der Waals surface area contributed by atoms with Gasteiger partial charge in [0.05, 0.1) is 13.1 Å². The quantitative estimate of drug-likeness (QED) is 0.920. The highest BCUT2D eigenvalue weighted by Gasteiger charge is 2.20. The van der Waals surface area contributed by atoms with E-state index >= 15 is 0 Å². The molecule has 0 aliphatic carbocycles. The SMILES string of the molecule is CC1CCN(Cc2ccc(C(=O)N(C)Cc3ncc[nH]3)o2)CC1. The van der Waals surface area contributed by atoms with Gasteiger partial charge in [-0.05, 0) is 44.0 Å². The Morgan fingerprint density at radius 2 is 2.22 bits per heavy atom. The summed E-state index contributed by atoms with van der Waals surface area (Å²) < 4.78 is 5.75. The van der Waals surface area contributed by atoms with Crippen LogP contribution in [0.2, 0.25) is 0 Å². The summed E-state index contributed by atoms with van der Waals surface area (Å²) in [6.07, 6.45) is 5.90. The molecule has 0 aromatic carbocycles. The van der Waals surface area contributed by atoms with Gasteiger partial charge in [-0.2, -0.15) is 0 Å². The highest BCUT2D eigenvalue weighted by molar-refractivity contribution is 5.91. The van der Waals surface area contributed by atoms with Gasteiger partial charge in [-0.15, -0.1) is 0 Å². The van der Waals surface area contributed by atoms with Gasteiger partial charge in [0.2, 0.25) is 0 Å². The number of carbonyl (C=O) groups excluding carboxylic acids is 1. The van der Waals surface area contributed by atoms with Crippen molar-refractivity contribution in [3.8, 4) is 0 Å². The summed E-state index contributed by atoms with van der Waals surface area (Å²) in [5, 5.41) is 0. The van der Waals surface area contributed by atoms with Crippen LogP contribution in [0.3, 0.4) is 0 Å². The molecule has 1 amide bonds. The van der Waals surface area contributed by atoms with Crippen molar-refractivity contribution in [1.29, 1.82) is 0 Å². The summed E-state index contributed by atoms with van der Waals surface area (Å²) in [7, 11) is 1.75. The van der Waals surface area contributed by atoms with Crippen LogP contribution in [0.1, 0.15) is 41.9 Å². The van der Waals surface area contributed by atoms with E-state index in [9.17, 15) is 4.79 Å². The third-order valence-corrected chi connectivity index (χ3v) is 4.42. The molecule has 1 aliphatic rings. The number of nitrogens with zero attached hydrogens (tertiary/aromatic N) is 3. The fraction of sp³-hybridized carbons (Fsp3) is 0.529. The summed E-state index contributed by atoms with van der Waals surface area (Å²) in [4.78, 5) is 23.5. The van der Waals surface area contributed by atoms with Crippen LogP contribution in [0.15, 0.2) is 28.9 Å². The van der Waals surface area contributed by atoms with Crippen molar-refractivity contribution in [2.75, 3.05) is 20.1 Å². The van der Waals surface area contributed by atoms with Gasteiger partial charge < -0.3 is 14.3 Å². The predicted molar refractivity (Wildman–Crippen MR) is 86.8 cm³/mol. The van der Waals surface area contributed by atoms with E-state index in [4.69, 9.17) is 4.42 Å². The smallest absolute Gasteiger partial charge is 0.289 e. The summed E-state index contributed by atoms with van der Waals surface area (Å²) in [6.45, 7) is 5.72. The highest BCUT2D eigenvalue weighted by Crippen LogP contribution is 2.19. The fourth-order valence-corrected chi connectivity index (χ4v) is 2.89. The number of aromatic amines is 1. The first-order valence-electron chi connectivity index (χ1n) is 8.16. The molecular weight excluding hydrogens is 292 g/mol. The number of rotatable bonds is 5. The van der Waals surface area contributed by atoms with E-state index in [1.807, 2.05) is 6.07 Å². The molecule has 0 atom stereocenters. The van der Waals surface area contributed by atoms with Crippen LogP contribution >= 0.6 is 0 Å². The van der Waals surface area contributed by atoms with Crippen molar-refractivity contribution in [3.05, 3.63) is 41.9 Å². The van der Waals surface area contributed by atoms with Crippen molar-refractivity contribution in [2.45, 2.75) is 32.9 Å². The number of carbonyl (C=O) groups is 1. The minimum Gasteiger partial charge on any atom is -0.455 e. The summed E-state index contributed by atoms with van der Waals surface area (Å²) >= 11 is 0. The van der Waals surface area contributed by atoms with E-state index in [1.54, 1.807) is 30.4 Å². The maximum atomic E-state index is 12.4. The first kappa shape index (κ1) is 15.8. The van der Waals surface area contributed by atoms with E-state index < -0.39 is 0 Å². The van der Waals surface area contributed by atoms with Gasteiger partial charge in [-0.3, -0.25) is 9.69 Å². The van der Waals surface area contributed by atoms with E-state index in [1.165, 1.54) is 12.8 Å². The monoisotopic (exact) mass is 316 g/mol. The van der Waals surface area contributed by atoms with E-state index in [-0.39, 0.29) is 5.91 Å². The molecule has 23 heavy (non-hydrogen) atoms. The molecule has 6 heteroatoms. The standard InChI is InChI=1S/C17H24N4O2/c1-13-5-9-21(10-6-13)11-14-3-4-15(23-14)17(22)20(2)12-16-18-7-8-19-16/h3-4,7-8,13H,5-6,9-12H2,1-2H3,(H,18,19). The van der Waals surface area contributed by atoms with Crippen molar-refractivity contribution >= 4 is 5.91 Å². The number of H-pyrrole nitrogens is 1. The predicted octanol–water partition coefficient (Wildman–Crippen LogP) is 2.51. The summed E-state index contributed by atoms with van der Waals surface area (Å²) in [6, 6.07) is 3.68. The Morgan fingerprint density at radius 1 is 1.43 bits per heavy atom. The first-order valence-corrected chi connectivity index (χ1v) is 8.16. The molecule has 0 spiro atoms. The number of aromatic nitrogens is 2. The molecule has 0 radical (unpaired) electrons. The lowest BCUT2D eigenvalue weighted by molar-refractivity contribution is 0.0745. The fourth-order valence-electron chi connectivity index (χ4n) is 2.89. The van der Waals surface area contributed by atoms with Crippen LogP contribution in [0.4, 0.5) is 0 Å². The molecule has 0 unspecified atom stereocenters. The molecule has 3 heterocycles. The Hall–Kier alpha value is -2.08. The first-order chi connectivity index (χ1) is 11.1. The molecule has 1 N–H and O–H groups in total. The van der Waals surface area contributed by atoms with Crippen LogP contribution in [0, 0.1) is 5.92 Å². The number of imidazole rings is 1. The van der Waals surface area contributed by atoms with E-state index in [0.717, 1.165) is 37.1 Å². The minimum atomic E-state index is -0.125. The third-order valence-electron chi connectivity index (χ3n) is 4.42. The molecule has 1 saturated heterocycles. The largest absolute Gasteiger partial charge is 0.455 e. The number of furan rings is 1. The molecule has 124 valence electrons. The average molecular weight is 316 g/mol. The van der Waals surface area contributed by atoms with Crippen LogP contribution in [0.5, 0.6) is 0 Å². The highest BCUT2D eigenvalue weighted by atomic mass is 16.4. The molecule has 1 aliphatic heterocycles. The molecule has 0 saturated carbocycles. The Balaban J connectivity index is 1.56. The summed E-state index contributed by atoms with van der Waals surface area (Å²) in [5.74, 6) is 2.69. The Kier molecular flexibility index (Phi) is 4.81. The van der Waals surface area contributed by atoms with Gasteiger partial charge in [0.1, 0.15) is 11.6 Å². The maximum absolute atomic E-state index is 12.4. The Labute approximate surface area is 136 Å². The molecule has 1 fully saturated rings. The van der Waals surface area contributed by atoms with Gasteiger partial charge in [0.15, 0.2) is 5.76 Å². The number of hydrogen-bond acceptors (Lipinski definition) is 4. The number of piperidine rings is 1. The average Bonchev–Trinajstić information content (AvgIpc) is 3.20. The van der Waals surface area contributed by atoms with Gasteiger partial charge in [-0.1, -0.05) is 6.92 Å². The molecular formula is C17H24N4O2. The van der Waals surface area contributed by atoms with Gasteiger partial charge >= 0.3 is 0 Å². The van der Waals surface area contributed by atoms with Crippen LogP contribution < -0.4 is 0 Å². The molecule has 2 aromatic heterocycles. The topological polar surface area (TPSA) is 65.4 Å². The van der Waals surface area contributed by atoms with Crippen molar-refractivity contribution in [3.63, 3.8) is 0 Å². The number of hydrogen-bond donors (Lipinski definition) is 1. The number of nitrogens with one attached hydrogen (secondary N) is 1. The lowest BCUT2D eigenvalue weighted by Gasteiger charge is -2.29. The Bertz CT molecular complexity index is 627. The van der Waals surface area contributed by atoms with Crippen molar-refractivity contribution < 1.29 is 9.21 Å². The Morgan fingerprint density at radius 3 is 2.91 bits per heavy atom. The van der Waals surface area contributed by atoms with Crippen molar-refractivity contribution in [2.24, 2.45) is 5.92 Å². The molecule has 2 aromatic rings. The normalized spacial score (nSPS) is 16.6. The van der Waals surface area contributed by atoms with Gasteiger partial charge in [0, 0.05) is 19.4 Å². The minimum absolute atomic E-state index is 0.125. The number of likely N-dealkylation sites (tertiary alicyclic amines) is 1. The molecule has 0 bridgehead atoms. The lowest BCUT2D eigenvalue weighted by Crippen LogP contribution is -2.32. The second kappa shape index (κ2) is 7.00.